The Morgan fingerprint density at radius 2 is 1.93 bits per heavy atom. The molecule has 140 valence electrons. The molecule has 0 radical (unpaired) electrons. The minimum atomic E-state index is -0.339. The van der Waals surface area contributed by atoms with Crippen LogP contribution >= 0.6 is 0 Å². The Balaban J connectivity index is 1.39. The Bertz CT molecular complexity index is 980. The van der Waals surface area contributed by atoms with Crippen LogP contribution in [0.3, 0.4) is 0 Å². The van der Waals surface area contributed by atoms with E-state index in [1.54, 1.807) is 9.80 Å². The van der Waals surface area contributed by atoms with Crippen molar-refractivity contribution in [1.29, 1.82) is 0 Å². The van der Waals surface area contributed by atoms with E-state index in [9.17, 15) is 9.59 Å². The van der Waals surface area contributed by atoms with Crippen molar-refractivity contribution in [1.82, 2.24) is 25.1 Å². The number of hydrogen-bond acceptors (Lipinski definition) is 6. The summed E-state index contributed by atoms with van der Waals surface area (Å²) in [6, 6.07) is 7.44. The molecule has 2 aromatic heterocycles. The number of aromatic amines is 1. The number of nitrogens with zero attached hydrogens (tertiary/aromatic N) is 4. The van der Waals surface area contributed by atoms with E-state index in [1.807, 2.05) is 30.5 Å². The zero-order valence-electron chi connectivity index (χ0n) is 14.5. The minimum absolute atomic E-state index is 0.00714. The summed E-state index contributed by atoms with van der Waals surface area (Å²) in [7, 11) is 0. The summed E-state index contributed by atoms with van der Waals surface area (Å²) < 4.78 is 4.49. The first kappa shape index (κ1) is 16.9. The van der Waals surface area contributed by atoms with E-state index in [2.05, 4.69) is 25.2 Å². The van der Waals surface area contributed by atoms with E-state index in [-0.39, 0.29) is 23.5 Å². The zero-order valence-corrected chi connectivity index (χ0v) is 14.5. The number of fused-ring (bicyclic) bond motifs is 1. The fourth-order valence-electron chi connectivity index (χ4n) is 3.15. The van der Waals surface area contributed by atoms with Crippen LogP contribution in [0.4, 0.5) is 16.3 Å². The van der Waals surface area contributed by atoms with Gasteiger partial charge < -0.3 is 25.8 Å². The second-order valence-corrected chi connectivity index (χ2v) is 6.34. The molecule has 10 heteroatoms. The normalized spacial score (nSPS) is 15.0. The predicted octanol–water partition coefficient (Wildman–Crippen LogP) is 1.51. The number of benzene rings is 1. The molecule has 10 nitrogen and oxygen atoms in total. The van der Waals surface area contributed by atoms with Crippen LogP contribution in [0.1, 0.15) is 16.9 Å². The molecule has 3 amide bonds. The summed E-state index contributed by atoms with van der Waals surface area (Å²) in [4.78, 5) is 31.5. The second kappa shape index (κ2) is 6.98. The Morgan fingerprint density at radius 3 is 2.74 bits per heavy atom. The maximum Gasteiger partial charge on any atom is 0.321 e. The van der Waals surface area contributed by atoms with Crippen molar-refractivity contribution in [2.24, 2.45) is 0 Å². The van der Waals surface area contributed by atoms with Gasteiger partial charge in [0.25, 0.3) is 5.91 Å². The van der Waals surface area contributed by atoms with Crippen LogP contribution in [-0.4, -0.2) is 63.2 Å². The number of rotatable bonds is 2. The first-order valence-corrected chi connectivity index (χ1v) is 8.62. The third-order valence-corrected chi connectivity index (χ3v) is 4.59. The van der Waals surface area contributed by atoms with Gasteiger partial charge in [0.05, 0.1) is 0 Å². The lowest BCUT2D eigenvalue weighted by Crippen LogP contribution is -2.39. The number of H-pyrrole nitrogens is 1. The van der Waals surface area contributed by atoms with Crippen LogP contribution in [0.5, 0.6) is 0 Å². The first-order chi connectivity index (χ1) is 13.1. The van der Waals surface area contributed by atoms with Gasteiger partial charge in [-0.25, -0.2) is 9.42 Å². The molecule has 3 aromatic rings. The number of urea groups is 1. The quantitative estimate of drug-likeness (QED) is 0.627. The molecular formula is C17H19N7O3. The smallest absolute Gasteiger partial charge is 0.321 e. The SMILES string of the molecule is Nc1nonc1C(=O)N1CCCN(C(=O)Nc2ccc3[nH]ccc3c2)CC1. The van der Waals surface area contributed by atoms with Gasteiger partial charge in [0.1, 0.15) is 0 Å². The van der Waals surface area contributed by atoms with E-state index in [1.165, 1.54) is 0 Å². The summed E-state index contributed by atoms with van der Waals surface area (Å²) in [5.74, 6) is -0.368. The van der Waals surface area contributed by atoms with E-state index in [0.29, 0.717) is 32.6 Å². The van der Waals surface area contributed by atoms with Gasteiger partial charge in [-0.3, -0.25) is 4.79 Å². The number of aromatic nitrogens is 3. The molecule has 4 rings (SSSR count). The fraction of sp³-hybridized carbons (Fsp3) is 0.294. The van der Waals surface area contributed by atoms with Gasteiger partial charge in [0.2, 0.25) is 11.5 Å². The summed E-state index contributed by atoms with van der Waals surface area (Å²) in [6.45, 7) is 1.85. The number of anilines is 2. The highest BCUT2D eigenvalue weighted by Gasteiger charge is 2.26. The summed E-state index contributed by atoms with van der Waals surface area (Å²) >= 11 is 0. The summed E-state index contributed by atoms with van der Waals surface area (Å²) in [6.07, 6.45) is 2.51. The van der Waals surface area contributed by atoms with Crippen molar-refractivity contribution in [3.63, 3.8) is 0 Å². The summed E-state index contributed by atoms with van der Waals surface area (Å²) in [5, 5.41) is 10.9. The Labute approximate surface area is 154 Å². The van der Waals surface area contributed by atoms with Crippen LogP contribution in [0, 0.1) is 0 Å². The van der Waals surface area contributed by atoms with Crippen molar-refractivity contribution in [2.45, 2.75) is 6.42 Å². The first-order valence-electron chi connectivity index (χ1n) is 8.62. The Kier molecular flexibility index (Phi) is 4.37. The highest BCUT2D eigenvalue weighted by molar-refractivity contribution is 5.96. The van der Waals surface area contributed by atoms with Gasteiger partial charge >= 0.3 is 6.03 Å². The van der Waals surface area contributed by atoms with Gasteiger partial charge in [-0.2, -0.15) is 0 Å². The molecule has 27 heavy (non-hydrogen) atoms. The van der Waals surface area contributed by atoms with Gasteiger partial charge in [0.15, 0.2) is 0 Å². The largest absolute Gasteiger partial charge is 0.379 e. The third-order valence-electron chi connectivity index (χ3n) is 4.59. The van der Waals surface area contributed by atoms with E-state index in [4.69, 9.17) is 5.73 Å². The fourth-order valence-corrected chi connectivity index (χ4v) is 3.15. The molecule has 0 aliphatic carbocycles. The molecule has 1 fully saturated rings. The van der Waals surface area contributed by atoms with E-state index >= 15 is 0 Å². The third kappa shape index (κ3) is 3.41. The van der Waals surface area contributed by atoms with Crippen molar-refractivity contribution < 1.29 is 14.2 Å². The average molecular weight is 369 g/mol. The van der Waals surface area contributed by atoms with Crippen LogP contribution in [0.15, 0.2) is 35.1 Å². The standard InChI is InChI=1S/C17H19N7O3/c18-15-14(21-27-22-15)16(25)23-6-1-7-24(9-8-23)17(26)20-12-2-3-13-11(10-12)4-5-19-13/h2-5,10,19H,1,6-9H2,(H2,18,22)(H,20,26). The van der Waals surface area contributed by atoms with Crippen molar-refractivity contribution in [3.05, 3.63) is 36.2 Å². The molecule has 1 aliphatic rings. The monoisotopic (exact) mass is 369 g/mol. The molecule has 3 heterocycles. The number of nitrogens with one attached hydrogen (secondary N) is 2. The van der Waals surface area contributed by atoms with Crippen molar-refractivity contribution >= 4 is 34.3 Å². The molecule has 0 bridgehead atoms. The molecule has 4 N–H and O–H groups in total. The molecule has 0 saturated carbocycles. The predicted molar refractivity (Wildman–Crippen MR) is 98.1 cm³/mol. The number of nitrogen functional groups attached to an aromatic ring is 1. The van der Waals surface area contributed by atoms with Gasteiger partial charge in [0, 0.05) is 49.0 Å². The second-order valence-electron chi connectivity index (χ2n) is 6.34. The Morgan fingerprint density at radius 1 is 1.11 bits per heavy atom. The maximum absolute atomic E-state index is 12.6. The summed E-state index contributed by atoms with van der Waals surface area (Å²) in [5.41, 5.74) is 7.34. The van der Waals surface area contributed by atoms with Gasteiger partial charge in [-0.1, -0.05) is 0 Å². The maximum atomic E-state index is 12.6. The average Bonchev–Trinajstić information content (AvgIpc) is 3.22. The van der Waals surface area contributed by atoms with Crippen LogP contribution in [0.25, 0.3) is 10.9 Å². The lowest BCUT2D eigenvalue weighted by atomic mass is 10.2. The molecule has 0 unspecified atom stereocenters. The molecule has 1 saturated heterocycles. The van der Waals surface area contributed by atoms with Crippen LogP contribution in [0.2, 0.25) is 0 Å². The zero-order chi connectivity index (χ0) is 18.8. The van der Waals surface area contributed by atoms with E-state index < -0.39 is 0 Å². The Hall–Kier alpha value is -3.56. The number of carbonyl (C=O) groups excluding carboxylic acids is 2. The number of amides is 3. The number of carbonyl (C=O) groups is 2. The molecule has 1 aliphatic heterocycles. The molecule has 0 spiro atoms. The number of hydrogen-bond donors (Lipinski definition) is 3. The minimum Gasteiger partial charge on any atom is -0.379 e. The van der Waals surface area contributed by atoms with E-state index in [0.717, 1.165) is 16.6 Å². The van der Waals surface area contributed by atoms with Crippen molar-refractivity contribution in [2.75, 3.05) is 37.2 Å². The highest BCUT2D eigenvalue weighted by Crippen LogP contribution is 2.18. The molecule has 0 atom stereocenters. The lowest BCUT2D eigenvalue weighted by molar-refractivity contribution is 0.0752. The van der Waals surface area contributed by atoms with Crippen LogP contribution in [-0.2, 0) is 0 Å². The lowest BCUT2D eigenvalue weighted by Gasteiger charge is -2.22. The van der Waals surface area contributed by atoms with Gasteiger partial charge in [-0.05, 0) is 41.0 Å². The van der Waals surface area contributed by atoms with Crippen LogP contribution < -0.4 is 11.1 Å². The van der Waals surface area contributed by atoms with Gasteiger partial charge in [-0.15, -0.1) is 0 Å². The van der Waals surface area contributed by atoms with Crippen molar-refractivity contribution in [3.8, 4) is 0 Å². The highest BCUT2D eigenvalue weighted by atomic mass is 16.6. The number of nitrogens with two attached hydrogens (primary N) is 1. The topological polar surface area (TPSA) is 133 Å². The molecule has 1 aromatic carbocycles. The molecular weight excluding hydrogens is 350 g/mol.